The van der Waals surface area contributed by atoms with Crippen LogP contribution < -0.4 is 31.3 Å². The van der Waals surface area contributed by atoms with E-state index in [-0.39, 0.29) is 11.1 Å². The zero-order chi connectivity index (χ0) is 36.3. The van der Waals surface area contributed by atoms with Crippen LogP contribution in [0.5, 0.6) is 11.5 Å². The van der Waals surface area contributed by atoms with Crippen molar-refractivity contribution in [3.63, 3.8) is 0 Å². The lowest BCUT2D eigenvalue weighted by molar-refractivity contribution is 0.0702. The van der Waals surface area contributed by atoms with Gasteiger partial charge in [-0.3, -0.25) is 29.6 Å². The fourth-order valence-electron chi connectivity index (χ4n) is 4.62. The molecule has 0 atom stereocenters. The summed E-state index contributed by atoms with van der Waals surface area (Å²) in [5.41, 5.74) is 10.5. The van der Waals surface area contributed by atoms with Gasteiger partial charge in [-0.1, -0.05) is 43.5 Å². The quantitative estimate of drug-likeness (QED) is 0.0367. The van der Waals surface area contributed by atoms with E-state index >= 15 is 0 Å². The summed E-state index contributed by atoms with van der Waals surface area (Å²) in [5, 5.41) is 25.4. The molecule has 0 radical (unpaired) electrons. The number of hydroxylamine groups is 2. The number of nitrogens with one attached hydrogen (secondary N) is 4. The topological polar surface area (TPSA) is 200 Å². The van der Waals surface area contributed by atoms with Gasteiger partial charge in [0.05, 0.1) is 25.6 Å². The second-order valence-electron chi connectivity index (χ2n) is 11.0. The fourth-order valence-corrected chi connectivity index (χ4v) is 4.62. The minimum absolute atomic E-state index is 0.218. The van der Waals surface area contributed by atoms with Crippen molar-refractivity contribution in [2.24, 2.45) is 10.2 Å². The number of nitrogens with zero attached hydrogens (tertiary/aromatic N) is 2. The summed E-state index contributed by atoms with van der Waals surface area (Å²) in [5.74, 6) is -0.817. The largest absolute Gasteiger partial charge is 0.494 e. The molecule has 0 aliphatic rings. The maximum atomic E-state index is 12.3. The zero-order valence-electron chi connectivity index (χ0n) is 27.6. The van der Waals surface area contributed by atoms with E-state index in [0.717, 1.165) is 43.2 Å². The van der Waals surface area contributed by atoms with Crippen molar-refractivity contribution >= 4 is 36.1 Å². The molecule has 51 heavy (non-hydrogen) atoms. The molecular formula is C37H38N6O8. The highest BCUT2D eigenvalue weighted by Gasteiger charge is 2.09. The van der Waals surface area contributed by atoms with Crippen molar-refractivity contribution in [3.05, 3.63) is 130 Å². The first-order chi connectivity index (χ1) is 24.9. The van der Waals surface area contributed by atoms with Crippen LogP contribution in [0.4, 0.5) is 0 Å². The molecule has 264 valence electrons. The van der Waals surface area contributed by atoms with Gasteiger partial charge in [-0.2, -0.15) is 10.2 Å². The molecule has 4 amide bonds. The van der Waals surface area contributed by atoms with Gasteiger partial charge in [-0.05, 0) is 96.8 Å². The molecule has 4 aromatic carbocycles. The Bertz CT molecular complexity index is 1690. The molecule has 6 N–H and O–H groups in total. The summed E-state index contributed by atoms with van der Waals surface area (Å²) in [4.78, 5) is 47.4. The zero-order valence-corrected chi connectivity index (χ0v) is 27.6. The van der Waals surface area contributed by atoms with Crippen molar-refractivity contribution in [1.82, 2.24) is 21.8 Å². The van der Waals surface area contributed by atoms with E-state index in [9.17, 15) is 19.2 Å². The lowest BCUT2D eigenvalue weighted by atomic mass is 10.1. The molecule has 14 nitrogen and oxygen atoms in total. The SMILES string of the molecule is O=C(NO)c1ccc(C(=O)NN=Cc2cccc(OCCCCCCCOc3cccc(C=NNC(=O)c4ccc(C(=O)NO)cc4)c3)c2)cc1. The molecule has 14 heteroatoms. The third-order valence-corrected chi connectivity index (χ3v) is 7.32. The average molecular weight is 695 g/mol. The minimum Gasteiger partial charge on any atom is -0.494 e. The van der Waals surface area contributed by atoms with Crippen LogP contribution in [0.15, 0.2) is 107 Å². The number of rotatable bonds is 18. The van der Waals surface area contributed by atoms with Crippen LogP contribution in [0.1, 0.15) is 84.7 Å². The molecule has 0 heterocycles. The van der Waals surface area contributed by atoms with Crippen LogP contribution in [0.3, 0.4) is 0 Å². The molecule has 0 saturated carbocycles. The number of ether oxygens (including phenoxy) is 2. The standard InChI is InChI=1S/C37H38N6O8/c44-34(28-12-16-30(17-13-28)36(46)42-48)40-38-24-26-8-6-10-32(22-26)50-20-4-2-1-3-5-21-51-33-11-7-9-27(23-33)25-39-41-35(45)29-14-18-31(19-15-29)37(47)43-49/h6-19,22-25,48-49H,1-5,20-21H2,(H,40,44)(H,41,45)(H,42,46)(H,43,47). The van der Waals surface area contributed by atoms with Crippen LogP contribution >= 0.6 is 0 Å². The van der Waals surface area contributed by atoms with Crippen LogP contribution in [0.2, 0.25) is 0 Å². The van der Waals surface area contributed by atoms with E-state index < -0.39 is 23.6 Å². The molecule has 0 saturated heterocycles. The Balaban J connectivity index is 1.07. The van der Waals surface area contributed by atoms with Crippen LogP contribution in [-0.2, 0) is 0 Å². The number of amides is 4. The molecule has 0 bridgehead atoms. The Labute approximate surface area is 294 Å². The average Bonchev–Trinajstić information content (AvgIpc) is 3.17. The predicted octanol–water partition coefficient (Wildman–Crippen LogP) is 4.86. The van der Waals surface area contributed by atoms with Gasteiger partial charge < -0.3 is 9.47 Å². The van der Waals surface area contributed by atoms with Gasteiger partial charge in [0.15, 0.2) is 0 Å². The second kappa shape index (κ2) is 20.2. The number of carbonyl (C=O) groups is 4. The Morgan fingerprint density at radius 2 is 0.863 bits per heavy atom. The molecule has 0 aliphatic heterocycles. The van der Waals surface area contributed by atoms with E-state index in [0.29, 0.717) is 35.8 Å². The van der Waals surface area contributed by atoms with Crippen molar-refractivity contribution in [2.75, 3.05) is 13.2 Å². The normalized spacial score (nSPS) is 10.9. The van der Waals surface area contributed by atoms with Gasteiger partial charge in [0.2, 0.25) is 0 Å². The smallest absolute Gasteiger partial charge is 0.274 e. The Hall–Kier alpha value is -6.38. The van der Waals surface area contributed by atoms with Crippen molar-refractivity contribution in [2.45, 2.75) is 32.1 Å². The molecule has 0 spiro atoms. The van der Waals surface area contributed by atoms with Crippen molar-refractivity contribution in [1.29, 1.82) is 0 Å². The van der Waals surface area contributed by atoms with E-state index in [1.165, 1.54) is 71.9 Å². The summed E-state index contributed by atoms with van der Waals surface area (Å²) in [6, 6.07) is 26.2. The number of hydrogen-bond acceptors (Lipinski definition) is 10. The molecule has 0 unspecified atom stereocenters. The van der Waals surface area contributed by atoms with E-state index in [1.54, 1.807) is 0 Å². The highest BCUT2D eigenvalue weighted by atomic mass is 16.5. The van der Waals surface area contributed by atoms with Gasteiger partial charge in [-0.15, -0.1) is 0 Å². The highest BCUT2D eigenvalue weighted by Crippen LogP contribution is 2.15. The van der Waals surface area contributed by atoms with Crippen molar-refractivity contribution < 1.29 is 39.1 Å². The monoisotopic (exact) mass is 694 g/mol. The first-order valence-electron chi connectivity index (χ1n) is 16.1. The number of hydrazone groups is 2. The Morgan fingerprint density at radius 1 is 0.510 bits per heavy atom. The first kappa shape index (κ1) is 37.4. The summed E-state index contributed by atoms with van der Waals surface area (Å²) < 4.78 is 11.8. The van der Waals surface area contributed by atoms with Gasteiger partial charge in [0, 0.05) is 22.3 Å². The van der Waals surface area contributed by atoms with Crippen LogP contribution in [0, 0.1) is 0 Å². The number of benzene rings is 4. The van der Waals surface area contributed by atoms with Gasteiger partial charge in [0.1, 0.15) is 11.5 Å². The molecule has 4 aromatic rings. The maximum Gasteiger partial charge on any atom is 0.274 e. The Kier molecular flexibility index (Phi) is 14.8. The van der Waals surface area contributed by atoms with E-state index in [4.69, 9.17) is 19.9 Å². The van der Waals surface area contributed by atoms with Crippen LogP contribution in [0.25, 0.3) is 0 Å². The van der Waals surface area contributed by atoms with E-state index in [1.807, 2.05) is 48.5 Å². The Morgan fingerprint density at radius 3 is 1.24 bits per heavy atom. The molecular weight excluding hydrogens is 656 g/mol. The second-order valence-corrected chi connectivity index (χ2v) is 11.0. The molecule has 0 aromatic heterocycles. The fraction of sp³-hybridized carbons (Fsp3) is 0.189. The third kappa shape index (κ3) is 12.5. The maximum absolute atomic E-state index is 12.3. The minimum atomic E-state index is -0.666. The number of carbonyl (C=O) groups excluding carboxylic acids is 4. The third-order valence-electron chi connectivity index (χ3n) is 7.32. The van der Waals surface area contributed by atoms with E-state index in [2.05, 4.69) is 21.1 Å². The first-order valence-corrected chi connectivity index (χ1v) is 16.1. The number of hydrogen-bond donors (Lipinski definition) is 6. The van der Waals surface area contributed by atoms with Gasteiger partial charge >= 0.3 is 0 Å². The van der Waals surface area contributed by atoms with Crippen molar-refractivity contribution in [3.8, 4) is 11.5 Å². The lowest BCUT2D eigenvalue weighted by Gasteiger charge is -2.08. The molecule has 4 rings (SSSR count). The summed E-state index contributed by atoms with van der Waals surface area (Å²) in [6.07, 6.45) is 7.89. The lowest BCUT2D eigenvalue weighted by Crippen LogP contribution is -2.20. The highest BCUT2D eigenvalue weighted by molar-refractivity contribution is 5.98. The molecule has 0 fully saturated rings. The summed E-state index contributed by atoms with van der Waals surface area (Å²) in [7, 11) is 0. The summed E-state index contributed by atoms with van der Waals surface area (Å²) >= 11 is 0. The van der Waals surface area contributed by atoms with Crippen LogP contribution in [-0.4, -0.2) is 59.7 Å². The molecule has 0 aliphatic carbocycles. The number of unbranched alkanes of at least 4 members (excludes halogenated alkanes) is 4. The summed E-state index contributed by atoms with van der Waals surface area (Å²) in [6.45, 7) is 1.14. The van der Waals surface area contributed by atoms with Gasteiger partial charge in [0.25, 0.3) is 23.6 Å². The van der Waals surface area contributed by atoms with Gasteiger partial charge in [-0.25, -0.2) is 21.8 Å². The predicted molar refractivity (Wildman–Crippen MR) is 188 cm³/mol.